The van der Waals surface area contributed by atoms with Crippen molar-refractivity contribution in [1.82, 2.24) is 14.3 Å². The van der Waals surface area contributed by atoms with Gasteiger partial charge in [-0.3, -0.25) is 9.78 Å². The summed E-state index contributed by atoms with van der Waals surface area (Å²) in [6.07, 6.45) is 3.43. The predicted octanol–water partition coefficient (Wildman–Crippen LogP) is 1.68. The number of rotatable bonds is 4. The molecule has 2 rings (SSSR count). The van der Waals surface area contributed by atoms with Crippen LogP contribution in [0.2, 0.25) is 0 Å². The summed E-state index contributed by atoms with van der Waals surface area (Å²) in [6, 6.07) is 3.40. The molecule has 0 saturated carbocycles. The van der Waals surface area contributed by atoms with Gasteiger partial charge in [0.25, 0.3) is 0 Å². The minimum absolute atomic E-state index is 0.00546. The smallest absolute Gasteiger partial charge is 0.244 e. The van der Waals surface area contributed by atoms with Crippen molar-refractivity contribution >= 4 is 28.3 Å². The number of amides is 1. The molecule has 1 unspecified atom stereocenters. The zero-order valence-electron chi connectivity index (χ0n) is 11.6. The van der Waals surface area contributed by atoms with Gasteiger partial charge in [-0.15, -0.1) is 0 Å². The van der Waals surface area contributed by atoms with Crippen LogP contribution in [-0.4, -0.2) is 40.3 Å². The number of pyridine rings is 1. The van der Waals surface area contributed by atoms with Crippen LogP contribution in [-0.2, 0) is 4.79 Å². The Morgan fingerprint density at radius 1 is 1.50 bits per heavy atom. The van der Waals surface area contributed by atoms with Crippen molar-refractivity contribution in [2.45, 2.75) is 13.0 Å². The van der Waals surface area contributed by atoms with Gasteiger partial charge in [0.2, 0.25) is 5.91 Å². The number of nitrogens with zero attached hydrogens (tertiary/aromatic N) is 3. The number of hydrogen-bond acceptors (Lipinski definition) is 6. The summed E-state index contributed by atoms with van der Waals surface area (Å²) in [5.74, 6) is 0.434. The Balaban J connectivity index is 2.29. The van der Waals surface area contributed by atoms with Crippen molar-refractivity contribution < 1.29 is 4.79 Å². The highest BCUT2D eigenvalue weighted by molar-refractivity contribution is 7.11. The monoisotopic (exact) mass is 291 g/mol. The van der Waals surface area contributed by atoms with Crippen LogP contribution >= 0.6 is 11.5 Å². The first-order valence-corrected chi connectivity index (χ1v) is 6.91. The van der Waals surface area contributed by atoms with Gasteiger partial charge < -0.3 is 16.0 Å². The van der Waals surface area contributed by atoms with Crippen molar-refractivity contribution in [3.63, 3.8) is 0 Å². The highest BCUT2D eigenvalue weighted by atomic mass is 32.1. The number of nitrogen functional groups attached to an aromatic ring is 1. The molecule has 0 saturated heterocycles. The summed E-state index contributed by atoms with van der Waals surface area (Å²) < 4.78 is 4.15. The number of hydrogen-bond donors (Lipinski definition) is 2. The van der Waals surface area contributed by atoms with Crippen LogP contribution in [0.25, 0.3) is 11.1 Å². The molecule has 0 bridgehead atoms. The van der Waals surface area contributed by atoms with E-state index in [1.165, 1.54) is 11.5 Å². The average Bonchev–Trinajstić information content (AvgIpc) is 2.79. The maximum absolute atomic E-state index is 11.9. The van der Waals surface area contributed by atoms with Crippen LogP contribution in [0.15, 0.2) is 24.5 Å². The SMILES string of the molecule is CC(Nc1snc(N)c1-c1cccnc1)C(=O)N(C)C. The van der Waals surface area contributed by atoms with E-state index in [9.17, 15) is 4.79 Å². The average molecular weight is 291 g/mol. The fraction of sp³-hybridized carbons (Fsp3) is 0.308. The number of nitrogens with one attached hydrogen (secondary N) is 1. The Kier molecular flexibility index (Phi) is 4.19. The van der Waals surface area contributed by atoms with Crippen molar-refractivity contribution in [3.8, 4) is 11.1 Å². The number of likely N-dealkylation sites (N-methyl/N-ethyl adjacent to an activating group) is 1. The van der Waals surface area contributed by atoms with E-state index in [1.54, 1.807) is 31.4 Å². The Labute approximate surface area is 121 Å². The minimum Gasteiger partial charge on any atom is -0.382 e. The summed E-state index contributed by atoms with van der Waals surface area (Å²) in [7, 11) is 3.45. The maximum Gasteiger partial charge on any atom is 0.244 e. The van der Waals surface area contributed by atoms with Crippen molar-refractivity contribution in [2.75, 3.05) is 25.1 Å². The lowest BCUT2D eigenvalue weighted by molar-refractivity contribution is -0.129. The van der Waals surface area contributed by atoms with Gasteiger partial charge in [0, 0.05) is 32.1 Å². The molecule has 0 aliphatic heterocycles. The maximum atomic E-state index is 11.9. The zero-order chi connectivity index (χ0) is 14.7. The standard InChI is InChI=1S/C13H17N5OS/c1-8(13(19)18(2)3)16-12-10(11(14)17-20-12)9-5-4-6-15-7-9/h4-8,16H,1-3H3,(H2,14,17). The number of carbonyl (C=O) groups excluding carboxylic acids is 1. The van der Waals surface area contributed by atoms with E-state index in [4.69, 9.17) is 5.73 Å². The number of anilines is 2. The van der Waals surface area contributed by atoms with Crippen molar-refractivity contribution in [3.05, 3.63) is 24.5 Å². The summed E-state index contributed by atoms with van der Waals surface area (Å²) in [5, 5.41) is 3.94. The van der Waals surface area contributed by atoms with E-state index in [1.807, 2.05) is 19.1 Å². The van der Waals surface area contributed by atoms with Gasteiger partial charge in [-0.1, -0.05) is 6.07 Å². The fourth-order valence-electron chi connectivity index (χ4n) is 1.84. The molecule has 2 heterocycles. The van der Waals surface area contributed by atoms with E-state index in [0.717, 1.165) is 16.1 Å². The van der Waals surface area contributed by atoms with Gasteiger partial charge in [-0.2, -0.15) is 4.37 Å². The zero-order valence-corrected chi connectivity index (χ0v) is 12.4. The predicted molar refractivity (Wildman–Crippen MR) is 81.5 cm³/mol. The highest BCUT2D eigenvalue weighted by Crippen LogP contribution is 2.36. The van der Waals surface area contributed by atoms with Crippen LogP contribution in [0.3, 0.4) is 0 Å². The van der Waals surface area contributed by atoms with Gasteiger partial charge in [0.05, 0.1) is 5.56 Å². The van der Waals surface area contributed by atoms with Crippen LogP contribution in [0.4, 0.5) is 10.8 Å². The van der Waals surface area contributed by atoms with Gasteiger partial charge in [0.15, 0.2) is 0 Å². The van der Waals surface area contributed by atoms with E-state index in [2.05, 4.69) is 14.7 Å². The van der Waals surface area contributed by atoms with Crippen LogP contribution in [0.1, 0.15) is 6.92 Å². The molecule has 0 aliphatic carbocycles. The first-order chi connectivity index (χ1) is 9.50. The van der Waals surface area contributed by atoms with Gasteiger partial charge in [-0.05, 0) is 24.5 Å². The largest absolute Gasteiger partial charge is 0.382 e. The third-order valence-corrected chi connectivity index (χ3v) is 3.62. The number of carbonyl (C=O) groups is 1. The third-order valence-electron chi connectivity index (χ3n) is 2.83. The molecule has 2 aromatic rings. The lowest BCUT2D eigenvalue weighted by Gasteiger charge is -2.18. The lowest BCUT2D eigenvalue weighted by Crippen LogP contribution is -2.36. The molecule has 0 aliphatic rings. The molecule has 0 spiro atoms. The second-order valence-electron chi connectivity index (χ2n) is 4.61. The van der Waals surface area contributed by atoms with Gasteiger partial charge in [0.1, 0.15) is 16.9 Å². The Morgan fingerprint density at radius 3 is 2.85 bits per heavy atom. The molecule has 1 atom stereocenters. The molecular formula is C13H17N5OS. The summed E-state index contributed by atoms with van der Waals surface area (Å²) in [5.41, 5.74) is 7.59. The highest BCUT2D eigenvalue weighted by Gasteiger charge is 2.20. The first-order valence-electron chi connectivity index (χ1n) is 6.14. The number of aromatic nitrogens is 2. The van der Waals surface area contributed by atoms with Crippen molar-refractivity contribution in [2.24, 2.45) is 0 Å². The molecule has 0 radical (unpaired) electrons. The molecular weight excluding hydrogens is 274 g/mol. The molecule has 106 valence electrons. The molecule has 0 aromatic carbocycles. The molecule has 20 heavy (non-hydrogen) atoms. The van der Waals surface area contributed by atoms with E-state index >= 15 is 0 Å². The van der Waals surface area contributed by atoms with E-state index in [0.29, 0.717) is 5.82 Å². The quantitative estimate of drug-likeness (QED) is 0.895. The van der Waals surface area contributed by atoms with Gasteiger partial charge in [-0.25, -0.2) is 0 Å². The molecule has 6 nitrogen and oxygen atoms in total. The molecule has 7 heteroatoms. The Morgan fingerprint density at radius 2 is 2.25 bits per heavy atom. The Hall–Kier alpha value is -2.15. The second kappa shape index (κ2) is 5.87. The molecule has 2 aromatic heterocycles. The summed E-state index contributed by atoms with van der Waals surface area (Å²) >= 11 is 1.24. The summed E-state index contributed by atoms with van der Waals surface area (Å²) in [6.45, 7) is 1.81. The van der Waals surface area contributed by atoms with Crippen LogP contribution in [0, 0.1) is 0 Å². The van der Waals surface area contributed by atoms with Crippen molar-refractivity contribution in [1.29, 1.82) is 0 Å². The van der Waals surface area contributed by atoms with Gasteiger partial charge >= 0.3 is 0 Å². The van der Waals surface area contributed by atoms with Crippen LogP contribution in [0.5, 0.6) is 0 Å². The fourth-order valence-corrected chi connectivity index (χ4v) is 2.66. The second-order valence-corrected chi connectivity index (χ2v) is 5.39. The topological polar surface area (TPSA) is 84.1 Å². The normalized spacial score (nSPS) is 11.9. The van der Waals surface area contributed by atoms with E-state index in [-0.39, 0.29) is 11.9 Å². The Bertz CT molecular complexity index is 596. The lowest BCUT2D eigenvalue weighted by atomic mass is 10.1. The molecule has 1 amide bonds. The van der Waals surface area contributed by atoms with Crippen LogP contribution < -0.4 is 11.1 Å². The third kappa shape index (κ3) is 2.88. The first kappa shape index (κ1) is 14.3. The van der Waals surface area contributed by atoms with E-state index < -0.39 is 0 Å². The minimum atomic E-state index is -0.347. The summed E-state index contributed by atoms with van der Waals surface area (Å²) in [4.78, 5) is 17.5. The number of nitrogens with two attached hydrogens (primary N) is 1. The molecule has 3 N–H and O–H groups in total. The molecule has 0 fully saturated rings.